The van der Waals surface area contributed by atoms with Crippen LogP contribution in [0.25, 0.3) is 10.2 Å². The van der Waals surface area contributed by atoms with E-state index in [4.69, 9.17) is 5.73 Å². The van der Waals surface area contributed by atoms with E-state index in [1.807, 2.05) is 0 Å². The summed E-state index contributed by atoms with van der Waals surface area (Å²) in [7, 11) is 0. The van der Waals surface area contributed by atoms with Crippen molar-refractivity contribution >= 4 is 33.3 Å². The Labute approximate surface area is 123 Å². The molecule has 5 heteroatoms. The van der Waals surface area contributed by atoms with E-state index in [9.17, 15) is 0 Å². The summed E-state index contributed by atoms with van der Waals surface area (Å²) in [5.74, 6) is 1.27. The van der Waals surface area contributed by atoms with Crippen molar-refractivity contribution in [2.24, 2.45) is 5.41 Å². The largest absolute Gasteiger partial charge is 0.369 e. The fraction of sp³-hybridized carbons (Fsp3) is 0.600. The van der Waals surface area contributed by atoms with E-state index in [-0.39, 0.29) is 0 Å². The molecular weight excluding hydrogens is 268 g/mol. The van der Waals surface area contributed by atoms with Crippen molar-refractivity contribution in [1.82, 2.24) is 9.97 Å². The predicted molar refractivity (Wildman–Crippen MR) is 86.3 cm³/mol. The molecule has 0 atom stereocenters. The minimum atomic E-state index is 0.366. The molecule has 2 heterocycles. The Hall–Kier alpha value is -1.36. The van der Waals surface area contributed by atoms with Gasteiger partial charge >= 0.3 is 0 Å². The van der Waals surface area contributed by atoms with E-state index in [1.54, 1.807) is 11.3 Å². The maximum atomic E-state index is 5.83. The highest BCUT2D eigenvalue weighted by molar-refractivity contribution is 7.18. The van der Waals surface area contributed by atoms with Gasteiger partial charge in [0.05, 0.1) is 5.39 Å². The number of nitrogens with two attached hydrogens (primary N) is 1. The molecule has 0 bridgehead atoms. The number of nitrogen functional groups attached to an aromatic ring is 1. The van der Waals surface area contributed by atoms with Crippen molar-refractivity contribution in [2.45, 2.75) is 46.0 Å². The molecule has 1 saturated carbocycles. The molecule has 0 amide bonds. The summed E-state index contributed by atoms with van der Waals surface area (Å²) in [6.45, 7) is 5.42. The smallest absolute Gasteiger partial charge is 0.223 e. The van der Waals surface area contributed by atoms with Crippen LogP contribution in [0, 0.1) is 5.41 Å². The first kappa shape index (κ1) is 13.6. The lowest BCUT2D eigenvalue weighted by atomic mass is 10.0. The van der Waals surface area contributed by atoms with Gasteiger partial charge in [-0.05, 0) is 37.2 Å². The number of anilines is 2. The molecule has 0 spiro atoms. The van der Waals surface area contributed by atoms with Gasteiger partial charge < -0.3 is 11.1 Å². The molecule has 0 unspecified atom stereocenters. The van der Waals surface area contributed by atoms with Crippen LogP contribution in [0.4, 0.5) is 11.8 Å². The van der Waals surface area contributed by atoms with E-state index in [0.717, 1.165) is 29.0 Å². The van der Waals surface area contributed by atoms with Crippen molar-refractivity contribution in [3.05, 3.63) is 10.9 Å². The van der Waals surface area contributed by atoms with Gasteiger partial charge in [-0.15, -0.1) is 11.3 Å². The second-order valence-electron chi connectivity index (χ2n) is 5.82. The van der Waals surface area contributed by atoms with Crippen LogP contribution in [0.15, 0.2) is 6.07 Å². The summed E-state index contributed by atoms with van der Waals surface area (Å²) in [4.78, 5) is 11.1. The summed E-state index contributed by atoms with van der Waals surface area (Å²) in [6, 6.07) is 2.20. The van der Waals surface area contributed by atoms with E-state index >= 15 is 0 Å². The van der Waals surface area contributed by atoms with Gasteiger partial charge in [0.25, 0.3) is 0 Å². The van der Waals surface area contributed by atoms with Crippen molar-refractivity contribution in [3.63, 3.8) is 0 Å². The third-order valence-electron chi connectivity index (χ3n) is 4.18. The summed E-state index contributed by atoms with van der Waals surface area (Å²) in [5, 5.41) is 4.65. The lowest BCUT2D eigenvalue weighted by Gasteiger charge is -2.15. The second kappa shape index (κ2) is 5.20. The first-order valence-electron chi connectivity index (χ1n) is 7.45. The van der Waals surface area contributed by atoms with Crippen LogP contribution in [-0.4, -0.2) is 16.5 Å². The molecule has 0 radical (unpaired) electrons. The van der Waals surface area contributed by atoms with Crippen LogP contribution in [0.3, 0.4) is 0 Å². The van der Waals surface area contributed by atoms with Crippen LogP contribution in [0.5, 0.6) is 0 Å². The molecule has 0 aliphatic heterocycles. The Morgan fingerprint density at radius 2 is 2.15 bits per heavy atom. The summed E-state index contributed by atoms with van der Waals surface area (Å²) in [6.07, 6.45) is 6.25. The van der Waals surface area contributed by atoms with Gasteiger partial charge in [-0.3, -0.25) is 0 Å². The maximum Gasteiger partial charge on any atom is 0.223 e. The molecule has 1 fully saturated rings. The van der Waals surface area contributed by atoms with Crippen molar-refractivity contribution in [1.29, 1.82) is 0 Å². The number of rotatable bonds is 6. The Bertz CT molecular complexity index is 616. The number of thiophene rings is 1. The fourth-order valence-corrected chi connectivity index (χ4v) is 3.76. The maximum absolute atomic E-state index is 5.83. The van der Waals surface area contributed by atoms with Gasteiger partial charge in [0.1, 0.15) is 10.6 Å². The van der Waals surface area contributed by atoms with Gasteiger partial charge in [0.15, 0.2) is 0 Å². The first-order valence-corrected chi connectivity index (χ1v) is 8.27. The molecule has 4 nitrogen and oxygen atoms in total. The Morgan fingerprint density at radius 3 is 2.80 bits per heavy atom. The molecular formula is C15H22N4S. The topological polar surface area (TPSA) is 63.8 Å². The van der Waals surface area contributed by atoms with Crippen molar-refractivity contribution in [2.75, 3.05) is 17.6 Å². The van der Waals surface area contributed by atoms with Crippen LogP contribution < -0.4 is 11.1 Å². The number of aryl methyl sites for hydroxylation is 1. The Morgan fingerprint density at radius 1 is 1.35 bits per heavy atom. The second-order valence-corrected chi connectivity index (χ2v) is 6.93. The molecule has 2 aromatic rings. The predicted octanol–water partition coefficient (Wildman–Crippen LogP) is 3.83. The van der Waals surface area contributed by atoms with Crippen LogP contribution in [0.1, 0.15) is 44.4 Å². The first-order chi connectivity index (χ1) is 9.65. The molecule has 3 N–H and O–H groups in total. The van der Waals surface area contributed by atoms with E-state index in [1.165, 1.54) is 30.6 Å². The lowest BCUT2D eigenvalue weighted by Crippen LogP contribution is -2.16. The van der Waals surface area contributed by atoms with Crippen molar-refractivity contribution < 1.29 is 0 Å². The standard InChI is InChI=1S/C15H22N4S/c1-3-5-15(6-7-15)9-17-12-11-8-10(4-2)20-13(11)19-14(16)18-12/h8H,3-7,9H2,1-2H3,(H3,16,17,18,19). The number of hydrogen-bond acceptors (Lipinski definition) is 5. The monoisotopic (exact) mass is 290 g/mol. The van der Waals surface area contributed by atoms with E-state index in [0.29, 0.717) is 11.4 Å². The van der Waals surface area contributed by atoms with Crippen molar-refractivity contribution in [3.8, 4) is 0 Å². The van der Waals surface area contributed by atoms with Crippen LogP contribution in [-0.2, 0) is 6.42 Å². The van der Waals surface area contributed by atoms with E-state index < -0.39 is 0 Å². The SMILES string of the molecule is CCCC1(CNc2nc(N)nc3sc(CC)cc23)CC1. The minimum Gasteiger partial charge on any atom is -0.369 e. The number of aromatic nitrogens is 2. The normalized spacial score (nSPS) is 16.5. The number of nitrogens with one attached hydrogen (secondary N) is 1. The molecule has 3 rings (SSSR count). The minimum absolute atomic E-state index is 0.366. The summed E-state index contributed by atoms with van der Waals surface area (Å²) < 4.78 is 0. The highest BCUT2D eigenvalue weighted by Gasteiger charge is 2.41. The fourth-order valence-electron chi connectivity index (χ4n) is 2.79. The van der Waals surface area contributed by atoms with Gasteiger partial charge in [0.2, 0.25) is 5.95 Å². The average Bonchev–Trinajstić information content (AvgIpc) is 3.06. The Kier molecular flexibility index (Phi) is 3.54. The Balaban J connectivity index is 1.85. The molecule has 2 aromatic heterocycles. The molecule has 0 aromatic carbocycles. The van der Waals surface area contributed by atoms with Crippen LogP contribution in [0.2, 0.25) is 0 Å². The zero-order valence-corrected chi connectivity index (χ0v) is 13.0. The highest BCUT2D eigenvalue weighted by Crippen LogP contribution is 2.49. The lowest BCUT2D eigenvalue weighted by molar-refractivity contribution is 0.485. The molecule has 1 aliphatic carbocycles. The zero-order chi connectivity index (χ0) is 14.2. The van der Waals surface area contributed by atoms with Gasteiger partial charge in [-0.1, -0.05) is 20.3 Å². The van der Waals surface area contributed by atoms with Gasteiger partial charge in [0, 0.05) is 11.4 Å². The molecule has 0 saturated heterocycles. The van der Waals surface area contributed by atoms with Crippen LogP contribution >= 0.6 is 11.3 Å². The number of fused-ring (bicyclic) bond motifs is 1. The van der Waals surface area contributed by atoms with Gasteiger partial charge in [-0.25, -0.2) is 4.98 Å². The zero-order valence-electron chi connectivity index (χ0n) is 12.2. The van der Waals surface area contributed by atoms with E-state index in [2.05, 4.69) is 35.2 Å². The molecule has 20 heavy (non-hydrogen) atoms. The quantitative estimate of drug-likeness (QED) is 0.848. The summed E-state index contributed by atoms with van der Waals surface area (Å²) >= 11 is 1.71. The summed E-state index contributed by atoms with van der Waals surface area (Å²) in [5.41, 5.74) is 6.34. The highest BCUT2D eigenvalue weighted by atomic mass is 32.1. The average molecular weight is 290 g/mol. The molecule has 108 valence electrons. The molecule has 1 aliphatic rings. The number of nitrogens with zero attached hydrogens (tertiary/aromatic N) is 2. The van der Waals surface area contributed by atoms with Gasteiger partial charge in [-0.2, -0.15) is 4.98 Å². The number of hydrogen-bond donors (Lipinski definition) is 2. The third-order valence-corrected chi connectivity index (χ3v) is 5.35. The third kappa shape index (κ3) is 2.59.